The third-order valence-corrected chi connectivity index (χ3v) is 27.1. The smallest absolute Gasteiger partial charge is 0.187 e. The van der Waals surface area contributed by atoms with Crippen molar-refractivity contribution in [3.8, 4) is 0 Å². The lowest BCUT2D eigenvalue weighted by atomic mass is 9.95. The monoisotopic (exact) mass is 1980 g/mol. The third kappa shape index (κ3) is 21.7. The van der Waals surface area contributed by atoms with Gasteiger partial charge in [-0.2, -0.15) is 0 Å². The van der Waals surface area contributed by atoms with Gasteiger partial charge in [-0.1, -0.05) is 0 Å². The first-order valence-electron chi connectivity index (χ1n) is 44.5. The average Bonchev–Trinajstić information content (AvgIpc) is 0.826. The molecule has 0 aliphatic carbocycles. The van der Waals surface area contributed by atoms with E-state index in [1.807, 2.05) is 0 Å². The first kappa shape index (κ1) is 108. The molecule has 43 aliphatic rings. The molecule has 135 heavy (non-hydrogen) atoms. The van der Waals surface area contributed by atoms with E-state index < -0.39 is 432 Å². The molecule has 43 rings (SSSR count). The van der Waals surface area contributed by atoms with Crippen molar-refractivity contribution in [2.45, 2.75) is 455 Å². The summed E-state index contributed by atoms with van der Waals surface area (Å²) < 4.78 is 150. The molecule has 57 heteroatoms. The van der Waals surface area contributed by atoms with E-state index in [0.29, 0.717) is 0 Å². The Kier molecular flexibility index (Phi) is 36.1. The zero-order valence-corrected chi connectivity index (χ0v) is 73.5. The van der Waals surface area contributed by atoms with Crippen molar-refractivity contribution in [1.29, 1.82) is 0 Å². The van der Waals surface area contributed by atoms with Gasteiger partial charge in [-0.3, -0.25) is 0 Å². The number of hydrogen-bond donors (Lipinski definition) is 31. The number of hydrogen-bond acceptors (Lipinski definition) is 57. The maximum absolute atomic E-state index is 11.3. The van der Waals surface area contributed by atoms with Gasteiger partial charge in [-0.05, 0) is 55.4 Å². The number of aliphatic hydroxyl groups excluding tert-OH is 31. The molecule has 0 amide bonds. The van der Waals surface area contributed by atoms with Gasteiger partial charge in [0.2, 0.25) is 0 Å². The second-order valence-corrected chi connectivity index (χ2v) is 36.4. The van der Waals surface area contributed by atoms with Crippen LogP contribution in [0.4, 0.5) is 0 Å². The van der Waals surface area contributed by atoms with Gasteiger partial charge in [0, 0.05) is 0 Å². The Hall–Kier alpha value is -2.28. The lowest BCUT2D eigenvalue weighted by Crippen LogP contribution is -2.68. The van der Waals surface area contributed by atoms with E-state index in [4.69, 9.17) is 123 Å². The van der Waals surface area contributed by atoms with E-state index in [2.05, 4.69) is 0 Å². The van der Waals surface area contributed by atoms with Crippen LogP contribution in [0.2, 0.25) is 0 Å². The van der Waals surface area contributed by atoms with Crippen LogP contribution in [-0.2, 0) is 123 Å². The molecule has 0 aromatic carbocycles. The van der Waals surface area contributed by atoms with Gasteiger partial charge in [-0.15, -0.1) is 0 Å². The SMILES string of the molecule is CC1OC2OC3C(C)OC(OC4C(C)OC(OC5C(CO)OC(OC6C(CO)OC(OC7C(C)OC(OC8C(C)OC(OC1C(O)C2O)C(O)C8O)C(O)C7O)C(O)C6O)C(O)C5O)C(O)C4O)C(O)C3O.CC1OC2OC3C(C)OC(OC4C(CO)OC(OC5C(CO)OC(OC6C(CO)OC(OC7C(C)OC(OC1C(O)C2O)C(O)C7O)C(O)C6O)C(O)C5O)C(O)C4O)C(O)C3O. The first-order chi connectivity index (χ1) is 63.8. The van der Waals surface area contributed by atoms with Gasteiger partial charge in [0.15, 0.2) is 81.8 Å². The summed E-state index contributed by atoms with van der Waals surface area (Å²) in [7, 11) is 0. The van der Waals surface area contributed by atoms with E-state index >= 15 is 0 Å². The second-order valence-electron chi connectivity index (χ2n) is 36.4. The zero-order valence-electron chi connectivity index (χ0n) is 73.5. The van der Waals surface area contributed by atoms with Gasteiger partial charge in [0.1, 0.15) is 269 Å². The summed E-state index contributed by atoms with van der Waals surface area (Å²) in [5, 5.41) is 343. The van der Waals surface area contributed by atoms with Crippen LogP contribution in [0.5, 0.6) is 0 Å². The van der Waals surface area contributed by atoms with Crippen molar-refractivity contribution in [1.82, 2.24) is 0 Å². The van der Waals surface area contributed by atoms with Crippen LogP contribution in [0, 0.1) is 0 Å². The fraction of sp³-hybridized carbons (Fsp3) is 1.00. The topological polar surface area (TPSA) is 867 Å². The Labute approximate surface area is 766 Å². The quantitative estimate of drug-likeness (QED) is 0.122. The van der Waals surface area contributed by atoms with Crippen molar-refractivity contribution in [2.24, 2.45) is 0 Å². The molecule has 43 heterocycles. The molecule has 43 saturated heterocycles. The minimum atomic E-state index is -2.08. The number of ether oxygens (including phenoxy) is 26. The van der Waals surface area contributed by atoms with Crippen LogP contribution in [0.25, 0.3) is 0 Å². The van der Waals surface area contributed by atoms with Crippen LogP contribution in [0.15, 0.2) is 0 Å². The molecular formula is C78H130O57. The zero-order chi connectivity index (χ0) is 98.4. The fourth-order valence-corrected chi connectivity index (χ4v) is 19.1. The number of aliphatic hydroxyl groups is 31. The lowest BCUT2D eigenvalue weighted by molar-refractivity contribution is -0.401. The van der Waals surface area contributed by atoms with Crippen LogP contribution in [0.1, 0.15) is 55.4 Å². The molecule has 57 nitrogen and oxygen atoms in total. The summed E-state index contributed by atoms with van der Waals surface area (Å²) in [6.07, 6.45) is -112. The molecule has 0 saturated carbocycles. The predicted molar refractivity (Wildman–Crippen MR) is 413 cm³/mol. The summed E-state index contributed by atoms with van der Waals surface area (Å²) >= 11 is 0. The Balaban J connectivity index is 0.000000218. The molecule has 65 atom stereocenters. The second kappa shape index (κ2) is 45.0. The molecule has 0 aromatic heterocycles. The van der Waals surface area contributed by atoms with Gasteiger partial charge < -0.3 is 281 Å². The minimum Gasteiger partial charge on any atom is -0.394 e. The fourth-order valence-electron chi connectivity index (χ4n) is 19.1. The summed E-state index contributed by atoms with van der Waals surface area (Å²) in [5.41, 5.74) is 0. The van der Waals surface area contributed by atoms with E-state index in [1.54, 1.807) is 0 Å². The maximum atomic E-state index is 11.3. The van der Waals surface area contributed by atoms with Crippen LogP contribution >= 0.6 is 0 Å². The van der Waals surface area contributed by atoms with Crippen molar-refractivity contribution < 1.29 is 281 Å². The van der Waals surface area contributed by atoms with E-state index in [1.165, 1.54) is 55.4 Å². The predicted octanol–water partition coefficient (Wildman–Crippen LogP) is -20.1. The van der Waals surface area contributed by atoms with Crippen LogP contribution < -0.4 is 0 Å². The van der Waals surface area contributed by atoms with Gasteiger partial charge in [-0.25, -0.2) is 0 Å². The molecule has 784 valence electrons. The lowest BCUT2D eigenvalue weighted by Gasteiger charge is -2.50. The van der Waals surface area contributed by atoms with Gasteiger partial charge in [0.05, 0.1) is 81.9 Å². The highest BCUT2D eigenvalue weighted by Gasteiger charge is 2.64. The highest BCUT2D eigenvalue weighted by atomic mass is 16.8. The Morgan fingerprint density at radius 1 is 0.111 bits per heavy atom. The van der Waals surface area contributed by atoms with Crippen molar-refractivity contribution in [3.05, 3.63) is 0 Å². The van der Waals surface area contributed by atoms with E-state index in [0.717, 1.165) is 0 Å². The summed E-state index contributed by atoms with van der Waals surface area (Å²) in [6.45, 7) is 6.45. The molecule has 0 aromatic rings. The van der Waals surface area contributed by atoms with Crippen molar-refractivity contribution in [2.75, 3.05) is 33.0 Å². The van der Waals surface area contributed by atoms with Crippen molar-refractivity contribution >= 4 is 0 Å². The Bertz CT molecular complexity index is 3650. The number of rotatable bonds is 5. The molecule has 0 spiro atoms. The summed E-state index contributed by atoms with van der Waals surface area (Å²) in [6, 6.07) is 0. The highest BCUT2D eigenvalue weighted by Crippen LogP contribution is 2.44. The average molecular weight is 1980 g/mol. The van der Waals surface area contributed by atoms with Gasteiger partial charge >= 0.3 is 0 Å². The standard InChI is InChI=1S/C42H70O30.C36H60O27/c1-8-29-15(45)22(52)36(59-8)67-30-9(2)61-38(24(54)17(30)47)69-32-11(4)63-40(26(56)19(32)49)71-34-13(6-43)65-42(28(58)21(34)51)72-35-14(7-44)64-41(27(57)20(35)50)70-33-12(5)62-39(25(55)18(33)48)68-31-10(3)60-37(66-29)23(53)16(31)46;1-7-25-13(40)19(46)31(52-7)59-26-8(2)54-33(21(48)15(26)42)61-28-10(4-37)56-35(23(50)17(28)44)63-30-12(6-39)57-36(24(51)18(30)45)62-29-11(5-38)55-34(22(49)16(29)43)60-27-9(3)53-32(58-25)20(47)14(27)41/h8-58H,6-7H2,1-5H3;7-51H,4-6H2,1-3H3. The normalized spacial score (nSPS) is 57.9. The first-order valence-corrected chi connectivity index (χ1v) is 44.5. The highest BCUT2D eigenvalue weighted by molar-refractivity contribution is 5.05. The molecule has 43 fully saturated rings. The molecular weight excluding hydrogens is 1850 g/mol. The van der Waals surface area contributed by atoms with E-state index in [9.17, 15) is 158 Å². The van der Waals surface area contributed by atoms with Gasteiger partial charge in [0.25, 0.3) is 0 Å². The molecule has 31 N–H and O–H groups in total. The van der Waals surface area contributed by atoms with Crippen molar-refractivity contribution in [3.63, 3.8) is 0 Å². The summed E-state index contributed by atoms with van der Waals surface area (Å²) in [5.74, 6) is 0. The molecule has 0 radical (unpaired) electrons. The largest absolute Gasteiger partial charge is 0.394 e. The Morgan fingerprint density at radius 2 is 0.193 bits per heavy atom. The minimum absolute atomic E-state index is 0.920. The Morgan fingerprint density at radius 3 is 0.289 bits per heavy atom. The molecule has 65 unspecified atom stereocenters. The molecule has 43 aliphatic heterocycles. The molecule has 26 bridgehead atoms. The van der Waals surface area contributed by atoms with Crippen LogP contribution in [0.3, 0.4) is 0 Å². The summed E-state index contributed by atoms with van der Waals surface area (Å²) in [4.78, 5) is 0. The maximum Gasteiger partial charge on any atom is 0.187 e. The van der Waals surface area contributed by atoms with E-state index in [-0.39, 0.29) is 0 Å². The third-order valence-electron chi connectivity index (χ3n) is 27.1. The van der Waals surface area contributed by atoms with Crippen LogP contribution in [-0.4, -0.2) is 591 Å².